The SMILES string of the molecule is CCNS(=O)(=O)CCNS(=O)(=O)c1ccc(N)cc1F. The Morgan fingerprint density at radius 1 is 1.20 bits per heavy atom. The van der Waals surface area contributed by atoms with Gasteiger partial charge in [0.05, 0.1) is 5.75 Å². The third kappa shape index (κ3) is 4.71. The minimum atomic E-state index is -4.12. The Bertz CT molecular complexity index is 674. The molecule has 0 aliphatic carbocycles. The number of nitrogen functional groups attached to an aromatic ring is 1. The number of anilines is 1. The summed E-state index contributed by atoms with van der Waals surface area (Å²) >= 11 is 0. The summed E-state index contributed by atoms with van der Waals surface area (Å²) in [6.45, 7) is 1.45. The molecule has 0 aliphatic heterocycles. The van der Waals surface area contributed by atoms with E-state index in [9.17, 15) is 21.2 Å². The molecule has 0 spiro atoms. The van der Waals surface area contributed by atoms with Gasteiger partial charge in [-0.2, -0.15) is 0 Å². The number of halogens is 1. The second-order valence-corrected chi connectivity index (χ2v) is 7.57. The Morgan fingerprint density at radius 2 is 1.85 bits per heavy atom. The standard InChI is InChI=1S/C10H16FN3O4S2/c1-2-13-19(15,16)6-5-14-20(17,18)10-4-3-8(12)7-9(10)11/h3-4,7,13-14H,2,5-6,12H2,1H3. The molecule has 10 heteroatoms. The number of benzene rings is 1. The van der Waals surface area contributed by atoms with E-state index >= 15 is 0 Å². The van der Waals surface area contributed by atoms with Gasteiger partial charge in [-0.25, -0.2) is 30.7 Å². The van der Waals surface area contributed by atoms with Crippen molar-refractivity contribution in [2.75, 3.05) is 24.6 Å². The van der Waals surface area contributed by atoms with Crippen molar-refractivity contribution in [2.24, 2.45) is 0 Å². The van der Waals surface area contributed by atoms with Gasteiger partial charge in [0.25, 0.3) is 0 Å². The van der Waals surface area contributed by atoms with Crippen molar-refractivity contribution in [3.05, 3.63) is 24.0 Å². The van der Waals surface area contributed by atoms with Crippen molar-refractivity contribution in [3.8, 4) is 0 Å². The van der Waals surface area contributed by atoms with Crippen LogP contribution in [0.25, 0.3) is 0 Å². The molecule has 0 atom stereocenters. The molecule has 20 heavy (non-hydrogen) atoms. The summed E-state index contributed by atoms with van der Waals surface area (Å²) in [5, 5.41) is 0. The average molecular weight is 325 g/mol. The maximum atomic E-state index is 13.5. The number of hydrogen-bond donors (Lipinski definition) is 3. The van der Waals surface area contributed by atoms with E-state index in [-0.39, 0.29) is 18.8 Å². The molecule has 0 fully saturated rings. The summed E-state index contributed by atoms with van der Waals surface area (Å²) in [6.07, 6.45) is 0. The molecule has 1 rings (SSSR count). The number of hydrogen-bond acceptors (Lipinski definition) is 5. The highest BCUT2D eigenvalue weighted by molar-refractivity contribution is 7.90. The molecule has 114 valence electrons. The molecule has 0 aliphatic rings. The fourth-order valence-electron chi connectivity index (χ4n) is 1.42. The van der Waals surface area contributed by atoms with E-state index in [2.05, 4.69) is 4.72 Å². The predicted octanol–water partition coefficient (Wildman–Crippen LogP) is -0.374. The van der Waals surface area contributed by atoms with Crippen LogP contribution in [0.3, 0.4) is 0 Å². The van der Waals surface area contributed by atoms with Gasteiger partial charge < -0.3 is 5.73 Å². The molecule has 0 bridgehead atoms. The third-order valence-corrected chi connectivity index (χ3v) is 5.24. The first kappa shape index (κ1) is 16.8. The molecule has 0 heterocycles. The van der Waals surface area contributed by atoms with Crippen LogP contribution in [0.2, 0.25) is 0 Å². The molecule has 1 aromatic carbocycles. The average Bonchev–Trinajstić information content (AvgIpc) is 2.27. The van der Waals surface area contributed by atoms with Gasteiger partial charge in [-0.3, -0.25) is 0 Å². The van der Waals surface area contributed by atoms with Crippen LogP contribution in [0.1, 0.15) is 6.92 Å². The van der Waals surface area contributed by atoms with E-state index in [1.54, 1.807) is 6.92 Å². The molecule has 0 saturated heterocycles. The van der Waals surface area contributed by atoms with E-state index in [4.69, 9.17) is 5.73 Å². The summed E-state index contributed by atoms with van der Waals surface area (Å²) in [4.78, 5) is -0.576. The fourth-order valence-corrected chi connectivity index (χ4v) is 3.59. The van der Waals surface area contributed by atoms with Crippen molar-refractivity contribution in [1.82, 2.24) is 9.44 Å². The molecule has 0 amide bonds. The topological polar surface area (TPSA) is 118 Å². The summed E-state index contributed by atoms with van der Waals surface area (Å²) in [5.41, 5.74) is 5.41. The van der Waals surface area contributed by atoms with E-state index in [1.807, 2.05) is 4.72 Å². The van der Waals surface area contributed by atoms with Gasteiger partial charge in [0, 0.05) is 18.8 Å². The molecule has 1 aromatic rings. The van der Waals surface area contributed by atoms with Crippen LogP contribution in [0.15, 0.2) is 23.1 Å². The molecular formula is C10H16FN3O4S2. The maximum absolute atomic E-state index is 13.5. The van der Waals surface area contributed by atoms with E-state index in [0.29, 0.717) is 0 Å². The van der Waals surface area contributed by atoms with Gasteiger partial charge in [0.15, 0.2) is 0 Å². The smallest absolute Gasteiger partial charge is 0.243 e. The molecule has 7 nitrogen and oxygen atoms in total. The molecule has 0 saturated carbocycles. The lowest BCUT2D eigenvalue weighted by atomic mass is 10.3. The van der Waals surface area contributed by atoms with Crippen molar-refractivity contribution >= 4 is 25.7 Å². The molecular weight excluding hydrogens is 309 g/mol. The zero-order valence-corrected chi connectivity index (χ0v) is 12.4. The van der Waals surface area contributed by atoms with Crippen LogP contribution in [0, 0.1) is 5.82 Å². The van der Waals surface area contributed by atoms with Gasteiger partial charge in [0.1, 0.15) is 10.7 Å². The Morgan fingerprint density at radius 3 is 2.40 bits per heavy atom. The number of rotatable bonds is 7. The quantitative estimate of drug-likeness (QED) is 0.591. The Hall–Kier alpha value is -1.23. The highest BCUT2D eigenvalue weighted by atomic mass is 32.2. The Kier molecular flexibility index (Phi) is 5.45. The second kappa shape index (κ2) is 6.48. The predicted molar refractivity (Wildman–Crippen MR) is 73.5 cm³/mol. The minimum Gasteiger partial charge on any atom is -0.399 e. The molecule has 0 aromatic heterocycles. The third-order valence-electron chi connectivity index (χ3n) is 2.27. The maximum Gasteiger partial charge on any atom is 0.243 e. The van der Waals surface area contributed by atoms with Crippen LogP contribution in [-0.2, 0) is 20.0 Å². The van der Waals surface area contributed by atoms with Crippen LogP contribution in [-0.4, -0.2) is 35.7 Å². The highest BCUT2D eigenvalue weighted by Gasteiger charge is 2.19. The monoisotopic (exact) mass is 325 g/mol. The largest absolute Gasteiger partial charge is 0.399 e. The lowest BCUT2D eigenvalue weighted by Gasteiger charge is -2.08. The summed E-state index contributed by atoms with van der Waals surface area (Å²) in [7, 11) is -7.66. The van der Waals surface area contributed by atoms with Crippen LogP contribution in [0.4, 0.5) is 10.1 Å². The molecule has 0 unspecified atom stereocenters. The summed E-state index contributed by atoms with van der Waals surface area (Å²) in [6, 6.07) is 3.14. The van der Waals surface area contributed by atoms with Crippen LogP contribution < -0.4 is 15.2 Å². The zero-order valence-electron chi connectivity index (χ0n) is 10.8. The van der Waals surface area contributed by atoms with E-state index in [0.717, 1.165) is 12.1 Å². The normalized spacial score (nSPS) is 12.5. The van der Waals surface area contributed by atoms with Crippen LogP contribution >= 0.6 is 0 Å². The van der Waals surface area contributed by atoms with Crippen LogP contribution in [0.5, 0.6) is 0 Å². The van der Waals surface area contributed by atoms with Crippen molar-refractivity contribution in [3.63, 3.8) is 0 Å². The first-order valence-electron chi connectivity index (χ1n) is 5.70. The van der Waals surface area contributed by atoms with Gasteiger partial charge in [-0.1, -0.05) is 6.92 Å². The number of sulfonamides is 2. The van der Waals surface area contributed by atoms with Gasteiger partial charge in [-0.05, 0) is 18.2 Å². The van der Waals surface area contributed by atoms with Crippen molar-refractivity contribution in [2.45, 2.75) is 11.8 Å². The summed E-state index contributed by atoms with van der Waals surface area (Å²) in [5.74, 6) is -1.43. The number of nitrogens with one attached hydrogen (secondary N) is 2. The van der Waals surface area contributed by atoms with Gasteiger partial charge >= 0.3 is 0 Å². The minimum absolute atomic E-state index is 0.0937. The Labute approximate surface area is 117 Å². The summed E-state index contributed by atoms with van der Waals surface area (Å²) < 4.78 is 64.0. The first-order chi connectivity index (χ1) is 9.18. The lowest BCUT2D eigenvalue weighted by Crippen LogP contribution is -2.34. The zero-order chi connectivity index (χ0) is 15.4. The Balaban J connectivity index is 2.76. The number of nitrogens with two attached hydrogens (primary N) is 1. The van der Waals surface area contributed by atoms with Crippen molar-refractivity contribution < 1.29 is 21.2 Å². The highest BCUT2D eigenvalue weighted by Crippen LogP contribution is 2.16. The van der Waals surface area contributed by atoms with E-state index in [1.165, 1.54) is 6.07 Å². The fraction of sp³-hybridized carbons (Fsp3) is 0.400. The molecule has 0 radical (unpaired) electrons. The second-order valence-electron chi connectivity index (χ2n) is 3.90. The first-order valence-corrected chi connectivity index (χ1v) is 8.83. The lowest BCUT2D eigenvalue weighted by molar-refractivity contribution is 0.558. The van der Waals surface area contributed by atoms with Gasteiger partial charge in [0.2, 0.25) is 20.0 Å². The van der Waals surface area contributed by atoms with Gasteiger partial charge in [-0.15, -0.1) is 0 Å². The van der Waals surface area contributed by atoms with Crippen molar-refractivity contribution in [1.29, 1.82) is 0 Å². The van der Waals surface area contributed by atoms with E-state index < -0.39 is 36.5 Å². The molecule has 4 N–H and O–H groups in total.